The van der Waals surface area contributed by atoms with E-state index in [1.807, 2.05) is 36.2 Å². The largest absolute Gasteiger partial charge is 0.389 e. The number of benzene rings is 1. The highest BCUT2D eigenvalue weighted by atomic mass is 32.1. The molecular formula is C15H21N3O2S. The van der Waals surface area contributed by atoms with Gasteiger partial charge in [-0.15, -0.1) is 0 Å². The summed E-state index contributed by atoms with van der Waals surface area (Å²) in [4.78, 5) is 14.3. The van der Waals surface area contributed by atoms with Crippen molar-refractivity contribution in [2.24, 2.45) is 5.73 Å². The van der Waals surface area contributed by atoms with Crippen LogP contribution in [0.1, 0.15) is 18.4 Å². The molecule has 1 heterocycles. The Hall–Kier alpha value is -1.66. The topological polar surface area (TPSA) is 67.6 Å². The van der Waals surface area contributed by atoms with Gasteiger partial charge < -0.3 is 20.7 Å². The number of rotatable bonds is 5. The Balaban J connectivity index is 1.95. The molecule has 0 aromatic heterocycles. The summed E-state index contributed by atoms with van der Waals surface area (Å²) in [5.41, 5.74) is 7.38. The predicted molar refractivity (Wildman–Crippen MR) is 87.6 cm³/mol. The van der Waals surface area contributed by atoms with Crippen LogP contribution in [-0.4, -0.2) is 43.7 Å². The van der Waals surface area contributed by atoms with Crippen LogP contribution in [-0.2, 0) is 9.53 Å². The van der Waals surface area contributed by atoms with Crippen LogP contribution in [0, 0.1) is 0 Å². The van der Waals surface area contributed by atoms with E-state index in [4.69, 9.17) is 22.7 Å². The van der Waals surface area contributed by atoms with Crippen molar-refractivity contribution in [2.45, 2.75) is 18.9 Å². The van der Waals surface area contributed by atoms with Crippen molar-refractivity contribution < 1.29 is 9.53 Å². The number of amides is 1. The third-order valence-corrected chi connectivity index (χ3v) is 3.77. The maximum atomic E-state index is 12.1. The van der Waals surface area contributed by atoms with Gasteiger partial charge in [-0.25, -0.2) is 0 Å². The van der Waals surface area contributed by atoms with Crippen molar-refractivity contribution in [2.75, 3.05) is 31.7 Å². The number of likely N-dealkylation sites (N-methyl/N-ethyl adjacent to an activating group) is 1. The minimum atomic E-state index is 0.00198. The lowest BCUT2D eigenvalue weighted by Gasteiger charge is -2.26. The van der Waals surface area contributed by atoms with E-state index < -0.39 is 0 Å². The zero-order chi connectivity index (χ0) is 15.2. The number of nitrogens with zero attached hydrogens (tertiary/aromatic N) is 1. The minimum Gasteiger partial charge on any atom is -0.389 e. The van der Waals surface area contributed by atoms with E-state index in [9.17, 15) is 4.79 Å². The van der Waals surface area contributed by atoms with Crippen molar-refractivity contribution in [3.05, 3.63) is 29.8 Å². The molecule has 3 N–H and O–H groups in total. The number of nitrogens with two attached hydrogens (primary N) is 1. The Bertz CT molecular complexity index is 515. The first-order valence-corrected chi connectivity index (χ1v) is 7.46. The summed E-state index contributed by atoms with van der Waals surface area (Å²) in [5, 5.41) is 3.04. The first-order chi connectivity index (χ1) is 10.1. The summed E-state index contributed by atoms with van der Waals surface area (Å²) in [6.45, 7) is 1.70. The van der Waals surface area contributed by atoms with E-state index in [1.54, 1.807) is 0 Å². The molecule has 1 amide bonds. The number of ether oxygens (including phenoxy) is 1. The van der Waals surface area contributed by atoms with E-state index in [1.165, 1.54) is 0 Å². The van der Waals surface area contributed by atoms with Gasteiger partial charge in [-0.2, -0.15) is 0 Å². The van der Waals surface area contributed by atoms with Crippen molar-refractivity contribution in [3.63, 3.8) is 0 Å². The zero-order valence-electron chi connectivity index (χ0n) is 12.2. The number of hydrogen-bond acceptors (Lipinski definition) is 4. The average Bonchev–Trinajstić information content (AvgIpc) is 2.48. The van der Waals surface area contributed by atoms with Gasteiger partial charge in [0.2, 0.25) is 5.91 Å². The smallest absolute Gasteiger partial charge is 0.239 e. The van der Waals surface area contributed by atoms with Crippen LogP contribution in [0.15, 0.2) is 24.3 Å². The van der Waals surface area contributed by atoms with Crippen LogP contribution in [0.3, 0.4) is 0 Å². The molecule has 114 valence electrons. The fraction of sp³-hybridized carbons (Fsp3) is 0.467. The molecule has 1 aromatic carbocycles. The maximum absolute atomic E-state index is 12.1. The number of anilines is 1. The van der Waals surface area contributed by atoms with Gasteiger partial charge in [0.25, 0.3) is 0 Å². The third kappa shape index (κ3) is 4.41. The molecule has 1 saturated heterocycles. The highest BCUT2D eigenvalue weighted by Gasteiger charge is 2.18. The first-order valence-electron chi connectivity index (χ1n) is 7.05. The molecule has 0 spiro atoms. The van der Waals surface area contributed by atoms with Gasteiger partial charge in [0, 0.05) is 37.6 Å². The molecule has 1 aliphatic rings. The van der Waals surface area contributed by atoms with E-state index in [-0.39, 0.29) is 18.5 Å². The second-order valence-corrected chi connectivity index (χ2v) is 5.63. The molecule has 0 unspecified atom stereocenters. The number of thiocarbonyl (C=S) groups is 1. The molecule has 0 bridgehead atoms. The van der Waals surface area contributed by atoms with Gasteiger partial charge in [0.15, 0.2) is 0 Å². The first kappa shape index (κ1) is 15.7. The number of nitrogens with one attached hydrogen (secondary N) is 1. The van der Waals surface area contributed by atoms with Crippen LogP contribution in [0.2, 0.25) is 0 Å². The van der Waals surface area contributed by atoms with Crippen LogP contribution in [0.5, 0.6) is 0 Å². The summed E-state index contributed by atoms with van der Waals surface area (Å²) in [5.74, 6) is 0.00198. The van der Waals surface area contributed by atoms with Crippen molar-refractivity contribution >= 4 is 28.8 Å². The lowest BCUT2D eigenvalue weighted by atomic mass is 10.1. The number of carbonyl (C=O) groups is 1. The van der Waals surface area contributed by atoms with Crippen LogP contribution in [0.25, 0.3) is 0 Å². The highest BCUT2D eigenvalue weighted by molar-refractivity contribution is 7.80. The number of para-hydroxylation sites is 1. The second kappa shape index (κ2) is 7.38. The van der Waals surface area contributed by atoms with E-state index in [0.29, 0.717) is 18.2 Å². The maximum Gasteiger partial charge on any atom is 0.239 e. The SMILES string of the molecule is CN(CC(=O)NC1CCOCC1)c1ccccc1C(N)=S. The van der Waals surface area contributed by atoms with Crippen molar-refractivity contribution in [3.8, 4) is 0 Å². The van der Waals surface area contributed by atoms with Crippen LogP contribution >= 0.6 is 12.2 Å². The minimum absolute atomic E-state index is 0.00198. The zero-order valence-corrected chi connectivity index (χ0v) is 13.0. The van der Waals surface area contributed by atoms with E-state index >= 15 is 0 Å². The normalized spacial score (nSPS) is 15.5. The van der Waals surface area contributed by atoms with Crippen molar-refractivity contribution in [1.29, 1.82) is 0 Å². The van der Waals surface area contributed by atoms with Gasteiger partial charge in [-0.1, -0.05) is 24.4 Å². The standard InChI is InChI=1S/C15H21N3O2S/c1-18(13-5-3-2-4-12(13)15(16)21)10-14(19)17-11-6-8-20-9-7-11/h2-5,11H,6-10H2,1H3,(H2,16,21)(H,17,19). The fourth-order valence-electron chi connectivity index (χ4n) is 2.43. The van der Waals surface area contributed by atoms with Crippen LogP contribution in [0.4, 0.5) is 5.69 Å². The highest BCUT2D eigenvalue weighted by Crippen LogP contribution is 2.18. The molecule has 1 aliphatic heterocycles. The molecule has 0 atom stereocenters. The Morgan fingerprint density at radius 2 is 2.10 bits per heavy atom. The lowest BCUT2D eigenvalue weighted by molar-refractivity contribution is -0.121. The second-order valence-electron chi connectivity index (χ2n) is 5.19. The molecular weight excluding hydrogens is 286 g/mol. The Morgan fingerprint density at radius 1 is 1.43 bits per heavy atom. The van der Waals surface area contributed by atoms with E-state index in [2.05, 4.69) is 5.32 Å². The Kier molecular flexibility index (Phi) is 5.52. The molecule has 5 nitrogen and oxygen atoms in total. The summed E-state index contributed by atoms with van der Waals surface area (Å²) in [6, 6.07) is 7.78. The molecule has 1 aromatic rings. The fourth-order valence-corrected chi connectivity index (χ4v) is 2.60. The summed E-state index contributed by atoms with van der Waals surface area (Å²) in [6.07, 6.45) is 1.75. The third-order valence-electron chi connectivity index (χ3n) is 3.55. The Labute approximate surface area is 130 Å². The Morgan fingerprint density at radius 3 is 2.76 bits per heavy atom. The average molecular weight is 307 g/mol. The summed E-state index contributed by atoms with van der Waals surface area (Å²) in [7, 11) is 1.86. The molecule has 6 heteroatoms. The lowest BCUT2D eigenvalue weighted by Crippen LogP contribution is -2.43. The number of hydrogen-bond donors (Lipinski definition) is 2. The summed E-state index contributed by atoms with van der Waals surface area (Å²) >= 11 is 5.05. The van der Waals surface area contributed by atoms with Gasteiger partial charge in [-0.05, 0) is 25.0 Å². The van der Waals surface area contributed by atoms with Gasteiger partial charge in [0.1, 0.15) is 4.99 Å². The molecule has 0 aliphatic carbocycles. The van der Waals surface area contributed by atoms with Gasteiger partial charge >= 0.3 is 0 Å². The molecule has 21 heavy (non-hydrogen) atoms. The number of carbonyl (C=O) groups excluding carboxylic acids is 1. The molecule has 0 saturated carbocycles. The van der Waals surface area contributed by atoms with Crippen molar-refractivity contribution in [1.82, 2.24) is 5.32 Å². The van der Waals surface area contributed by atoms with E-state index in [0.717, 1.165) is 24.1 Å². The molecule has 0 radical (unpaired) electrons. The molecule has 1 fully saturated rings. The van der Waals surface area contributed by atoms with Crippen LogP contribution < -0.4 is 16.0 Å². The molecule has 2 rings (SSSR count). The predicted octanol–water partition coefficient (Wildman–Crippen LogP) is 1.05. The van der Waals surface area contributed by atoms with Gasteiger partial charge in [-0.3, -0.25) is 4.79 Å². The monoisotopic (exact) mass is 307 g/mol. The quantitative estimate of drug-likeness (QED) is 0.796. The van der Waals surface area contributed by atoms with Gasteiger partial charge in [0.05, 0.1) is 6.54 Å². The summed E-state index contributed by atoms with van der Waals surface area (Å²) < 4.78 is 5.28.